The monoisotopic (exact) mass is 179 g/mol. The van der Waals surface area contributed by atoms with Crippen LogP contribution in [0.2, 0.25) is 0 Å². The summed E-state index contributed by atoms with van der Waals surface area (Å²) in [5.74, 6) is 0. The summed E-state index contributed by atoms with van der Waals surface area (Å²) in [5, 5.41) is 3.16. The van der Waals surface area contributed by atoms with Crippen molar-refractivity contribution in [3.63, 3.8) is 0 Å². The van der Waals surface area contributed by atoms with Gasteiger partial charge in [0.2, 0.25) is 0 Å². The van der Waals surface area contributed by atoms with Crippen LogP contribution in [0, 0.1) is 0 Å². The van der Waals surface area contributed by atoms with Crippen molar-refractivity contribution in [2.24, 2.45) is 0 Å². The minimum absolute atomic E-state index is 0.469. The summed E-state index contributed by atoms with van der Waals surface area (Å²) in [5.41, 5.74) is 1.05. The molecule has 0 fully saturated rings. The molecular weight excluding hydrogens is 170 g/mol. The molecule has 1 aromatic carbocycles. The molecule has 0 aromatic heterocycles. The maximum Gasteiger partial charge on any atom is 0.155 e. The minimum Gasteiger partial charge on any atom is -0.364 e. The Morgan fingerprint density at radius 1 is 1.50 bits per heavy atom. The van der Waals surface area contributed by atoms with Crippen molar-refractivity contribution < 1.29 is 4.79 Å². The van der Waals surface area contributed by atoms with Crippen LogP contribution in [0.25, 0.3) is 0 Å². The van der Waals surface area contributed by atoms with Crippen LogP contribution in [0.15, 0.2) is 29.2 Å². The minimum atomic E-state index is -0.469. The van der Waals surface area contributed by atoms with E-state index in [-0.39, 0.29) is 0 Å². The number of hydrogen-bond donors (Lipinski definition) is 1. The molecule has 1 N–H and O–H groups in total. The van der Waals surface area contributed by atoms with E-state index in [0.717, 1.165) is 16.9 Å². The first-order valence-electron chi connectivity index (χ1n) is 3.76. The van der Waals surface area contributed by atoms with Gasteiger partial charge in [0.15, 0.2) is 6.29 Å². The molecular formula is C9H9NOS. The lowest BCUT2D eigenvalue weighted by molar-refractivity contribution is -0.108. The predicted octanol–water partition coefficient (Wildman–Crippen LogP) is 2.12. The van der Waals surface area contributed by atoms with Crippen LogP contribution < -0.4 is 5.32 Å². The van der Waals surface area contributed by atoms with Crippen LogP contribution in [-0.2, 0) is 4.79 Å². The van der Waals surface area contributed by atoms with Crippen molar-refractivity contribution in [1.29, 1.82) is 0 Å². The van der Waals surface area contributed by atoms with E-state index < -0.39 is 4.87 Å². The number of carbonyl (C=O) groups is 1. The van der Waals surface area contributed by atoms with E-state index in [2.05, 4.69) is 5.32 Å². The number of aldehydes is 1. The Morgan fingerprint density at radius 2 is 2.25 bits per heavy atom. The summed E-state index contributed by atoms with van der Waals surface area (Å²) in [6.45, 7) is 1.88. The molecule has 1 atom stereocenters. The van der Waals surface area contributed by atoms with Gasteiger partial charge in [0.25, 0.3) is 0 Å². The van der Waals surface area contributed by atoms with E-state index in [9.17, 15) is 4.79 Å². The molecule has 62 valence electrons. The van der Waals surface area contributed by atoms with Gasteiger partial charge in [-0.25, -0.2) is 0 Å². The number of rotatable bonds is 1. The lowest BCUT2D eigenvalue weighted by Gasteiger charge is -2.14. The molecule has 0 saturated heterocycles. The summed E-state index contributed by atoms with van der Waals surface area (Å²) in [6, 6.07) is 7.94. The lowest BCUT2D eigenvalue weighted by Crippen LogP contribution is -2.28. The van der Waals surface area contributed by atoms with Crippen molar-refractivity contribution >= 4 is 23.7 Å². The molecule has 1 heterocycles. The van der Waals surface area contributed by atoms with Crippen molar-refractivity contribution in [2.75, 3.05) is 5.32 Å². The highest BCUT2D eigenvalue weighted by atomic mass is 32.2. The number of anilines is 1. The Hall–Kier alpha value is -0.960. The maximum absolute atomic E-state index is 10.7. The Bertz CT molecular complexity index is 299. The zero-order valence-corrected chi connectivity index (χ0v) is 7.52. The number of nitrogens with one attached hydrogen (secondary N) is 1. The standard InChI is InChI=1S/C9H9NOS/c1-9(6-11)10-7-4-2-3-5-8(7)12-9/h2-6,10H,1H3. The molecule has 2 rings (SSSR count). The van der Waals surface area contributed by atoms with E-state index in [1.807, 2.05) is 31.2 Å². The third kappa shape index (κ3) is 1.10. The molecule has 3 heteroatoms. The molecule has 1 unspecified atom stereocenters. The number of para-hydroxylation sites is 1. The molecule has 0 spiro atoms. The fourth-order valence-electron chi connectivity index (χ4n) is 1.23. The van der Waals surface area contributed by atoms with E-state index in [1.165, 1.54) is 0 Å². The molecule has 1 aliphatic rings. The molecule has 0 saturated carbocycles. The first-order chi connectivity index (χ1) is 5.73. The van der Waals surface area contributed by atoms with E-state index in [4.69, 9.17) is 0 Å². The van der Waals surface area contributed by atoms with Crippen LogP contribution in [0.5, 0.6) is 0 Å². The SMILES string of the molecule is CC1(C=O)Nc2ccccc2S1. The zero-order valence-electron chi connectivity index (χ0n) is 6.70. The normalized spacial score (nSPS) is 26.1. The topological polar surface area (TPSA) is 29.1 Å². The van der Waals surface area contributed by atoms with Crippen LogP contribution in [0.3, 0.4) is 0 Å². The van der Waals surface area contributed by atoms with Gasteiger partial charge in [-0.2, -0.15) is 0 Å². The van der Waals surface area contributed by atoms with Gasteiger partial charge >= 0.3 is 0 Å². The quantitative estimate of drug-likeness (QED) is 0.669. The van der Waals surface area contributed by atoms with Gasteiger partial charge in [-0.1, -0.05) is 23.9 Å². The van der Waals surface area contributed by atoms with Gasteiger partial charge in [0.1, 0.15) is 4.87 Å². The number of hydrogen-bond acceptors (Lipinski definition) is 3. The molecule has 12 heavy (non-hydrogen) atoms. The van der Waals surface area contributed by atoms with Crippen LogP contribution in [0.4, 0.5) is 5.69 Å². The van der Waals surface area contributed by atoms with Crippen LogP contribution in [0.1, 0.15) is 6.92 Å². The highest BCUT2D eigenvalue weighted by Crippen LogP contribution is 2.43. The smallest absolute Gasteiger partial charge is 0.155 e. The van der Waals surface area contributed by atoms with E-state index in [0.29, 0.717) is 0 Å². The Balaban J connectivity index is 2.39. The molecule has 2 nitrogen and oxygen atoms in total. The van der Waals surface area contributed by atoms with Crippen molar-refractivity contribution in [1.82, 2.24) is 0 Å². The highest BCUT2D eigenvalue weighted by molar-refractivity contribution is 8.02. The van der Waals surface area contributed by atoms with Gasteiger partial charge in [0, 0.05) is 10.6 Å². The van der Waals surface area contributed by atoms with Gasteiger partial charge in [-0.15, -0.1) is 0 Å². The second-order valence-electron chi connectivity index (χ2n) is 2.95. The van der Waals surface area contributed by atoms with Gasteiger partial charge in [-0.05, 0) is 19.1 Å². The third-order valence-electron chi connectivity index (χ3n) is 1.82. The lowest BCUT2D eigenvalue weighted by atomic mass is 10.3. The van der Waals surface area contributed by atoms with Crippen LogP contribution >= 0.6 is 11.8 Å². The largest absolute Gasteiger partial charge is 0.364 e. The van der Waals surface area contributed by atoms with E-state index >= 15 is 0 Å². The second-order valence-corrected chi connectivity index (χ2v) is 4.44. The van der Waals surface area contributed by atoms with Crippen molar-refractivity contribution in [3.05, 3.63) is 24.3 Å². The number of benzene rings is 1. The molecule has 0 amide bonds. The van der Waals surface area contributed by atoms with Gasteiger partial charge in [-0.3, -0.25) is 4.79 Å². The second kappa shape index (κ2) is 2.52. The molecule has 0 radical (unpaired) electrons. The number of carbonyl (C=O) groups excluding carboxylic acids is 1. The molecule has 0 aliphatic carbocycles. The summed E-state index contributed by atoms with van der Waals surface area (Å²) in [7, 11) is 0. The average molecular weight is 179 g/mol. The fraction of sp³-hybridized carbons (Fsp3) is 0.222. The summed E-state index contributed by atoms with van der Waals surface area (Å²) < 4.78 is 0. The van der Waals surface area contributed by atoms with Crippen molar-refractivity contribution in [2.45, 2.75) is 16.7 Å². The Kier molecular flexibility index (Phi) is 1.61. The summed E-state index contributed by atoms with van der Waals surface area (Å²) in [6.07, 6.45) is 0.942. The first kappa shape index (κ1) is 7.68. The average Bonchev–Trinajstić information content (AvgIpc) is 2.42. The fourth-order valence-corrected chi connectivity index (χ4v) is 2.28. The molecule has 0 bridgehead atoms. The zero-order chi connectivity index (χ0) is 8.60. The van der Waals surface area contributed by atoms with Gasteiger partial charge < -0.3 is 5.32 Å². The Morgan fingerprint density at radius 3 is 2.92 bits per heavy atom. The number of thioether (sulfide) groups is 1. The molecule has 1 aromatic rings. The third-order valence-corrected chi connectivity index (χ3v) is 3.02. The highest BCUT2D eigenvalue weighted by Gasteiger charge is 2.32. The molecule has 1 aliphatic heterocycles. The van der Waals surface area contributed by atoms with Crippen molar-refractivity contribution in [3.8, 4) is 0 Å². The predicted molar refractivity (Wildman–Crippen MR) is 50.4 cm³/mol. The first-order valence-corrected chi connectivity index (χ1v) is 4.58. The van der Waals surface area contributed by atoms with Gasteiger partial charge in [0.05, 0.1) is 0 Å². The Labute approximate surface area is 75.4 Å². The summed E-state index contributed by atoms with van der Waals surface area (Å²) in [4.78, 5) is 11.4. The van der Waals surface area contributed by atoms with Crippen LogP contribution in [-0.4, -0.2) is 11.2 Å². The number of fused-ring (bicyclic) bond motifs is 1. The van der Waals surface area contributed by atoms with E-state index in [1.54, 1.807) is 11.8 Å². The summed E-state index contributed by atoms with van der Waals surface area (Å²) >= 11 is 1.56. The maximum atomic E-state index is 10.7.